The standard InChI is InChI=1S/C18H14ClN3O4S/c1-26-16-5-3-12(2-4-15(23)17-6-7-18(19)27-17)8-13(16)10-21-11-14(9-20-21)22(24)25/h2-9,11H,10H2,1H3/b4-2+. The van der Waals surface area contributed by atoms with Gasteiger partial charge >= 0.3 is 5.69 Å². The van der Waals surface area contributed by atoms with E-state index in [0.717, 1.165) is 11.1 Å². The van der Waals surface area contributed by atoms with Crippen molar-refractivity contribution in [3.05, 3.63) is 79.3 Å². The number of methoxy groups -OCH3 is 1. The van der Waals surface area contributed by atoms with Gasteiger partial charge in [-0.2, -0.15) is 5.10 Å². The zero-order chi connectivity index (χ0) is 19.4. The Bertz CT molecular complexity index is 1030. The number of thiophene rings is 1. The summed E-state index contributed by atoms with van der Waals surface area (Å²) in [5.41, 5.74) is 1.50. The van der Waals surface area contributed by atoms with E-state index in [0.29, 0.717) is 21.5 Å². The van der Waals surface area contributed by atoms with Crippen molar-refractivity contribution in [3.63, 3.8) is 0 Å². The number of rotatable bonds is 7. The van der Waals surface area contributed by atoms with Crippen molar-refractivity contribution in [2.45, 2.75) is 6.54 Å². The molecule has 0 spiro atoms. The summed E-state index contributed by atoms with van der Waals surface area (Å²) in [4.78, 5) is 23.0. The van der Waals surface area contributed by atoms with E-state index >= 15 is 0 Å². The maximum Gasteiger partial charge on any atom is 0.307 e. The lowest BCUT2D eigenvalue weighted by Crippen LogP contribution is -2.02. The van der Waals surface area contributed by atoms with Gasteiger partial charge < -0.3 is 4.74 Å². The third kappa shape index (κ3) is 4.60. The van der Waals surface area contributed by atoms with Gasteiger partial charge in [-0.1, -0.05) is 23.7 Å². The van der Waals surface area contributed by atoms with Crippen LogP contribution in [0.4, 0.5) is 5.69 Å². The van der Waals surface area contributed by atoms with E-state index in [4.69, 9.17) is 16.3 Å². The highest BCUT2D eigenvalue weighted by molar-refractivity contribution is 7.18. The van der Waals surface area contributed by atoms with Gasteiger partial charge in [0.2, 0.25) is 0 Å². The molecular weight excluding hydrogens is 390 g/mol. The first-order chi connectivity index (χ1) is 13.0. The molecule has 0 saturated heterocycles. The van der Waals surface area contributed by atoms with E-state index in [2.05, 4.69) is 5.10 Å². The summed E-state index contributed by atoms with van der Waals surface area (Å²) >= 11 is 7.08. The minimum absolute atomic E-state index is 0.0785. The number of ether oxygens (including phenoxy) is 1. The number of nitro groups is 1. The maximum atomic E-state index is 12.2. The minimum atomic E-state index is -0.498. The van der Waals surface area contributed by atoms with Gasteiger partial charge in [0.15, 0.2) is 5.78 Å². The van der Waals surface area contributed by atoms with Gasteiger partial charge in [0.05, 0.1) is 27.8 Å². The van der Waals surface area contributed by atoms with E-state index in [-0.39, 0.29) is 11.5 Å². The summed E-state index contributed by atoms with van der Waals surface area (Å²) in [6.07, 6.45) is 5.73. The molecule has 2 heterocycles. The van der Waals surface area contributed by atoms with Crippen LogP contribution in [0.3, 0.4) is 0 Å². The number of carbonyl (C=O) groups is 1. The zero-order valence-electron chi connectivity index (χ0n) is 14.2. The van der Waals surface area contributed by atoms with Crippen LogP contribution in [0.2, 0.25) is 4.34 Å². The number of aromatic nitrogens is 2. The molecule has 27 heavy (non-hydrogen) atoms. The van der Waals surface area contributed by atoms with E-state index in [1.807, 2.05) is 12.1 Å². The van der Waals surface area contributed by atoms with Crippen molar-refractivity contribution in [3.8, 4) is 5.75 Å². The molecule has 0 N–H and O–H groups in total. The van der Waals surface area contributed by atoms with Crippen LogP contribution in [-0.4, -0.2) is 27.6 Å². The first-order valence-electron chi connectivity index (χ1n) is 7.78. The molecule has 0 bridgehead atoms. The third-order valence-corrected chi connectivity index (χ3v) is 4.96. The molecule has 0 saturated carbocycles. The molecule has 9 heteroatoms. The van der Waals surface area contributed by atoms with Crippen LogP contribution in [0.5, 0.6) is 5.75 Å². The predicted molar refractivity (Wildman–Crippen MR) is 104 cm³/mol. The number of hydrogen-bond donors (Lipinski definition) is 0. The van der Waals surface area contributed by atoms with Crippen LogP contribution >= 0.6 is 22.9 Å². The average Bonchev–Trinajstić information content (AvgIpc) is 3.29. The van der Waals surface area contributed by atoms with Crippen LogP contribution in [0.25, 0.3) is 6.08 Å². The second-order valence-electron chi connectivity index (χ2n) is 5.53. The Balaban J connectivity index is 1.81. The fourth-order valence-electron chi connectivity index (χ4n) is 2.43. The fraction of sp³-hybridized carbons (Fsp3) is 0.111. The quantitative estimate of drug-likeness (QED) is 0.251. The second-order valence-corrected chi connectivity index (χ2v) is 7.24. The monoisotopic (exact) mass is 403 g/mol. The molecule has 7 nitrogen and oxygen atoms in total. The summed E-state index contributed by atoms with van der Waals surface area (Å²) in [7, 11) is 1.55. The molecule has 2 aromatic heterocycles. The van der Waals surface area contributed by atoms with Crippen molar-refractivity contribution in [1.29, 1.82) is 0 Å². The normalized spacial score (nSPS) is 11.0. The van der Waals surface area contributed by atoms with Gasteiger partial charge in [-0.15, -0.1) is 11.3 Å². The number of allylic oxidation sites excluding steroid dienone is 1. The molecule has 0 radical (unpaired) electrons. The van der Waals surface area contributed by atoms with E-state index in [9.17, 15) is 14.9 Å². The number of benzene rings is 1. The first-order valence-corrected chi connectivity index (χ1v) is 8.97. The SMILES string of the molecule is COc1ccc(/C=C/C(=O)c2ccc(Cl)s2)cc1Cn1cc([N+](=O)[O-])cn1. The maximum absolute atomic E-state index is 12.2. The molecule has 0 aliphatic carbocycles. The highest BCUT2D eigenvalue weighted by atomic mass is 35.5. The molecule has 0 unspecified atom stereocenters. The molecule has 0 atom stereocenters. The van der Waals surface area contributed by atoms with Gasteiger partial charge in [-0.05, 0) is 35.9 Å². The Hall–Kier alpha value is -2.97. The summed E-state index contributed by atoms with van der Waals surface area (Å²) < 4.78 is 7.37. The first kappa shape index (κ1) is 18.8. The Morgan fingerprint density at radius 2 is 2.22 bits per heavy atom. The lowest BCUT2D eigenvalue weighted by atomic mass is 10.1. The summed E-state index contributed by atoms with van der Waals surface area (Å²) in [5.74, 6) is 0.494. The highest BCUT2D eigenvalue weighted by Crippen LogP contribution is 2.24. The fourth-order valence-corrected chi connectivity index (χ4v) is 3.40. The predicted octanol–water partition coefficient (Wildman–Crippen LogP) is 4.46. The lowest BCUT2D eigenvalue weighted by Gasteiger charge is -2.09. The Labute approximate surface area is 163 Å². The number of ketones is 1. The van der Waals surface area contributed by atoms with Crippen LogP contribution in [0.1, 0.15) is 20.8 Å². The molecule has 3 rings (SSSR count). The van der Waals surface area contributed by atoms with Crippen LogP contribution in [-0.2, 0) is 6.54 Å². The molecule has 0 amide bonds. The van der Waals surface area contributed by atoms with E-state index < -0.39 is 4.92 Å². The minimum Gasteiger partial charge on any atom is -0.496 e. The molecular formula is C18H14ClN3O4S. The lowest BCUT2D eigenvalue weighted by molar-refractivity contribution is -0.385. The van der Waals surface area contributed by atoms with Gasteiger partial charge in [0.1, 0.15) is 18.1 Å². The third-order valence-electron chi connectivity index (χ3n) is 3.71. The molecule has 1 aromatic carbocycles. The van der Waals surface area contributed by atoms with Gasteiger partial charge in [-0.25, -0.2) is 0 Å². The molecule has 138 valence electrons. The van der Waals surface area contributed by atoms with Gasteiger partial charge in [0, 0.05) is 5.56 Å². The van der Waals surface area contributed by atoms with Crippen molar-refractivity contribution < 1.29 is 14.5 Å². The molecule has 0 aliphatic rings. The summed E-state index contributed by atoms with van der Waals surface area (Å²) in [6, 6.07) is 8.81. The molecule has 3 aromatic rings. The molecule has 0 fully saturated rings. The largest absolute Gasteiger partial charge is 0.496 e. The van der Waals surface area contributed by atoms with E-state index in [1.54, 1.807) is 31.4 Å². The highest BCUT2D eigenvalue weighted by Gasteiger charge is 2.11. The second kappa shape index (κ2) is 8.15. The smallest absolute Gasteiger partial charge is 0.307 e. The molecule has 0 aliphatic heterocycles. The van der Waals surface area contributed by atoms with E-state index in [1.165, 1.54) is 34.5 Å². The number of halogens is 1. The topological polar surface area (TPSA) is 87.3 Å². The van der Waals surface area contributed by atoms with Crippen LogP contribution in [0.15, 0.2) is 48.8 Å². The summed E-state index contributed by atoms with van der Waals surface area (Å²) in [5, 5.41) is 14.8. The van der Waals surface area contributed by atoms with Crippen molar-refractivity contribution in [1.82, 2.24) is 9.78 Å². The van der Waals surface area contributed by atoms with Gasteiger partial charge in [0.25, 0.3) is 0 Å². The zero-order valence-corrected chi connectivity index (χ0v) is 15.7. The van der Waals surface area contributed by atoms with Crippen LogP contribution in [0, 0.1) is 10.1 Å². The van der Waals surface area contributed by atoms with Crippen molar-refractivity contribution in [2.24, 2.45) is 0 Å². The van der Waals surface area contributed by atoms with Gasteiger partial charge in [-0.3, -0.25) is 19.6 Å². The Morgan fingerprint density at radius 3 is 2.85 bits per heavy atom. The Kier molecular flexibility index (Phi) is 5.68. The van der Waals surface area contributed by atoms with Crippen LogP contribution < -0.4 is 4.74 Å². The number of hydrogen-bond acceptors (Lipinski definition) is 6. The van der Waals surface area contributed by atoms with Crippen molar-refractivity contribution in [2.75, 3.05) is 7.11 Å². The average molecular weight is 404 g/mol. The number of carbonyl (C=O) groups excluding carboxylic acids is 1. The van der Waals surface area contributed by atoms with Crippen molar-refractivity contribution >= 4 is 40.5 Å². The Morgan fingerprint density at radius 1 is 1.41 bits per heavy atom. The summed E-state index contributed by atoms with van der Waals surface area (Å²) in [6.45, 7) is 0.299. The number of nitrogens with zero attached hydrogens (tertiary/aromatic N) is 3.